The van der Waals surface area contributed by atoms with Crippen LogP contribution in [0.15, 0.2) is 36.4 Å². The van der Waals surface area contributed by atoms with E-state index in [4.69, 9.17) is 4.74 Å². The number of nitro benzene ring substituents is 1. The highest BCUT2D eigenvalue weighted by molar-refractivity contribution is 5.43. The van der Waals surface area contributed by atoms with Gasteiger partial charge in [-0.05, 0) is 13.0 Å². The highest BCUT2D eigenvalue weighted by atomic mass is 19.1. The molecule has 110 valence electrons. The third-order valence-electron chi connectivity index (χ3n) is 2.79. The summed E-state index contributed by atoms with van der Waals surface area (Å²) < 4.78 is 32.5. The number of aliphatic hydroxyl groups is 1. The van der Waals surface area contributed by atoms with Crippen LogP contribution in [0.4, 0.5) is 14.5 Å². The smallest absolute Gasteiger partial charge is 0.307 e. The first-order valence-corrected chi connectivity index (χ1v) is 5.98. The SMILES string of the molecule is C[C@@H](O)c1ccccc1Oc1cc(F)c([N+](=O)[O-])cc1F. The molecule has 2 aromatic rings. The van der Waals surface area contributed by atoms with E-state index in [9.17, 15) is 24.0 Å². The van der Waals surface area contributed by atoms with E-state index in [0.717, 1.165) is 0 Å². The van der Waals surface area contributed by atoms with Crippen LogP contribution < -0.4 is 4.74 Å². The highest BCUT2D eigenvalue weighted by Crippen LogP contribution is 2.33. The second kappa shape index (κ2) is 5.84. The maximum atomic E-state index is 13.8. The first kappa shape index (κ1) is 14.9. The first-order chi connectivity index (χ1) is 9.90. The molecule has 21 heavy (non-hydrogen) atoms. The third-order valence-corrected chi connectivity index (χ3v) is 2.79. The van der Waals surface area contributed by atoms with E-state index < -0.39 is 34.1 Å². The Hall–Kier alpha value is -2.54. The summed E-state index contributed by atoms with van der Waals surface area (Å²) in [6, 6.07) is 7.35. The fourth-order valence-electron chi connectivity index (χ4n) is 1.77. The number of rotatable bonds is 4. The van der Waals surface area contributed by atoms with Crippen LogP contribution in [0.2, 0.25) is 0 Å². The van der Waals surface area contributed by atoms with E-state index in [2.05, 4.69) is 0 Å². The van der Waals surface area contributed by atoms with Crippen LogP contribution in [-0.2, 0) is 0 Å². The lowest BCUT2D eigenvalue weighted by Crippen LogP contribution is -1.99. The number of nitro groups is 1. The minimum Gasteiger partial charge on any atom is -0.454 e. The molecule has 2 aromatic carbocycles. The van der Waals surface area contributed by atoms with Gasteiger partial charge in [0.25, 0.3) is 0 Å². The maximum Gasteiger partial charge on any atom is 0.307 e. The zero-order valence-electron chi connectivity index (χ0n) is 10.9. The van der Waals surface area contributed by atoms with Gasteiger partial charge in [-0.1, -0.05) is 18.2 Å². The van der Waals surface area contributed by atoms with E-state index in [1.165, 1.54) is 13.0 Å². The molecule has 1 N–H and O–H groups in total. The second-order valence-electron chi connectivity index (χ2n) is 4.31. The normalized spacial score (nSPS) is 12.0. The van der Waals surface area contributed by atoms with E-state index in [1.807, 2.05) is 0 Å². The number of hydrogen-bond donors (Lipinski definition) is 1. The Kier molecular flexibility index (Phi) is 4.13. The van der Waals surface area contributed by atoms with Crippen molar-refractivity contribution >= 4 is 5.69 Å². The van der Waals surface area contributed by atoms with Gasteiger partial charge in [-0.3, -0.25) is 10.1 Å². The fraction of sp³-hybridized carbons (Fsp3) is 0.143. The number of nitrogens with zero attached hydrogens (tertiary/aromatic N) is 1. The largest absolute Gasteiger partial charge is 0.454 e. The molecule has 0 aliphatic carbocycles. The summed E-state index contributed by atoms with van der Waals surface area (Å²) in [7, 11) is 0. The lowest BCUT2D eigenvalue weighted by molar-refractivity contribution is -0.387. The van der Waals surface area contributed by atoms with Gasteiger partial charge in [0.1, 0.15) is 5.75 Å². The number of hydrogen-bond acceptors (Lipinski definition) is 4. The predicted octanol–water partition coefficient (Wildman–Crippen LogP) is 3.72. The lowest BCUT2D eigenvalue weighted by Gasteiger charge is -2.13. The minimum absolute atomic E-state index is 0.139. The average molecular weight is 295 g/mol. The minimum atomic E-state index is -1.20. The molecule has 0 aliphatic heterocycles. The number of aliphatic hydroxyl groups excluding tert-OH is 1. The van der Waals surface area contributed by atoms with E-state index in [0.29, 0.717) is 17.7 Å². The number of benzene rings is 2. The summed E-state index contributed by atoms with van der Waals surface area (Å²) in [5, 5.41) is 20.1. The van der Waals surface area contributed by atoms with Crippen molar-refractivity contribution in [2.45, 2.75) is 13.0 Å². The molecule has 1 atom stereocenters. The van der Waals surface area contributed by atoms with Crippen LogP contribution in [0, 0.1) is 21.7 Å². The number of halogens is 2. The molecule has 7 heteroatoms. The molecule has 5 nitrogen and oxygen atoms in total. The van der Waals surface area contributed by atoms with Crippen molar-refractivity contribution in [1.82, 2.24) is 0 Å². The highest BCUT2D eigenvalue weighted by Gasteiger charge is 2.20. The average Bonchev–Trinajstić information content (AvgIpc) is 2.42. The van der Waals surface area contributed by atoms with E-state index in [1.54, 1.807) is 18.2 Å². The molecule has 0 radical (unpaired) electrons. The van der Waals surface area contributed by atoms with Gasteiger partial charge in [-0.25, -0.2) is 4.39 Å². The summed E-state index contributed by atoms with van der Waals surface area (Å²) >= 11 is 0. The Balaban J connectivity index is 2.41. The molecule has 2 rings (SSSR count). The third kappa shape index (κ3) is 3.14. The van der Waals surface area contributed by atoms with Crippen molar-refractivity contribution in [2.75, 3.05) is 0 Å². The first-order valence-electron chi connectivity index (χ1n) is 5.98. The fourth-order valence-corrected chi connectivity index (χ4v) is 1.77. The molecule has 0 unspecified atom stereocenters. The summed E-state index contributed by atoms with van der Waals surface area (Å²) in [5.41, 5.74) is -0.584. The van der Waals surface area contributed by atoms with Crippen molar-refractivity contribution in [3.8, 4) is 11.5 Å². The Bertz CT molecular complexity index is 689. The molecular weight excluding hydrogens is 284 g/mol. The standard InChI is InChI=1S/C14H11F2NO4/c1-8(18)9-4-2-3-5-13(9)21-14-7-10(15)12(17(19)20)6-11(14)16/h2-8,18H,1H3/t8-/m1/s1. The van der Waals surface area contributed by atoms with Crippen molar-refractivity contribution in [3.05, 3.63) is 63.7 Å². The van der Waals surface area contributed by atoms with Crippen LogP contribution >= 0.6 is 0 Å². The topological polar surface area (TPSA) is 72.6 Å². The number of ether oxygens (including phenoxy) is 1. The van der Waals surface area contributed by atoms with Crippen molar-refractivity contribution in [1.29, 1.82) is 0 Å². The Morgan fingerprint density at radius 2 is 1.86 bits per heavy atom. The second-order valence-corrected chi connectivity index (χ2v) is 4.31. The molecule has 0 amide bonds. The van der Waals surface area contributed by atoms with Gasteiger partial charge in [0.15, 0.2) is 11.6 Å². The molecule has 0 aromatic heterocycles. The Labute approximate surface area is 118 Å². The van der Waals surface area contributed by atoms with Gasteiger partial charge in [-0.2, -0.15) is 4.39 Å². The molecule has 0 spiro atoms. The van der Waals surface area contributed by atoms with Crippen molar-refractivity contribution in [3.63, 3.8) is 0 Å². The summed E-state index contributed by atoms with van der Waals surface area (Å²) in [6.45, 7) is 1.50. The van der Waals surface area contributed by atoms with Gasteiger partial charge in [0.05, 0.1) is 17.1 Å². The van der Waals surface area contributed by atoms with Crippen LogP contribution in [0.5, 0.6) is 11.5 Å². The van der Waals surface area contributed by atoms with Crippen LogP contribution in [0.25, 0.3) is 0 Å². The van der Waals surface area contributed by atoms with Crippen LogP contribution in [0.3, 0.4) is 0 Å². The quantitative estimate of drug-likeness (QED) is 0.689. The summed E-state index contributed by atoms with van der Waals surface area (Å²) in [5.74, 6) is -2.62. The van der Waals surface area contributed by atoms with Gasteiger partial charge in [-0.15, -0.1) is 0 Å². The van der Waals surface area contributed by atoms with Crippen LogP contribution in [0.1, 0.15) is 18.6 Å². The predicted molar refractivity (Wildman–Crippen MR) is 70.2 cm³/mol. The molecule has 0 fully saturated rings. The number of para-hydroxylation sites is 1. The molecule has 0 aliphatic rings. The zero-order chi connectivity index (χ0) is 15.6. The molecule has 0 saturated carbocycles. The van der Waals surface area contributed by atoms with Crippen LogP contribution in [-0.4, -0.2) is 10.0 Å². The van der Waals surface area contributed by atoms with Crippen molar-refractivity contribution in [2.24, 2.45) is 0 Å². The van der Waals surface area contributed by atoms with Gasteiger partial charge in [0.2, 0.25) is 5.82 Å². The van der Waals surface area contributed by atoms with Gasteiger partial charge >= 0.3 is 5.69 Å². The van der Waals surface area contributed by atoms with Crippen molar-refractivity contribution < 1.29 is 23.5 Å². The lowest BCUT2D eigenvalue weighted by atomic mass is 10.1. The maximum absolute atomic E-state index is 13.8. The Morgan fingerprint density at radius 1 is 1.19 bits per heavy atom. The molecule has 0 heterocycles. The van der Waals surface area contributed by atoms with Gasteiger partial charge in [0, 0.05) is 11.6 Å². The summed E-state index contributed by atoms with van der Waals surface area (Å²) in [4.78, 5) is 9.49. The molecule has 0 bridgehead atoms. The Morgan fingerprint density at radius 3 is 2.48 bits per heavy atom. The molecule has 0 saturated heterocycles. The van der Waals surface area contributed by atoms with Gasteiger partial charge < -0.3 is 9.84 Å². The van der Waals surface area contributed by atoms with E-state index >= 15 is 0 Å². The molecular formula is C14H11F2NO4. The summed E-state index contributed by atoms with van der Waals surface area (Å²) in [6.07, 6.45) is -0.868. The van der Waals surface area contributed by atoms with E-state index in [-0.39, 0.29) is 5.75 Å². The zero-order valence-corrected chi connectivity index (χ0v) is 10.9. The monoisotopic (exact) mass is 295 g/mol.